The first-order chi connectivity index (χ1) is 23.3. The van der Waals surface area contributed by atoms with Gasteiger partial charge in [-0.25, -0.2) is 9.59 Å². The molecular weight excluding hydrogens is 673 g/mol. The number of rotatable bonds is 21. The normalized spacial score (nSPS) is 11.7. The summed E-state index contributed by atoms with van der Waals surface area (Å²) in [4.78, 5) is 38.5. The summed E-state index contributed by atoms with van der Waals surface area (Å²) in [7, 11) is -5.26. The van der Waals surface area contributed by atoms with E-state index in [2.05, 4.69) is 70.2 Å². The number of esters is 2. The van der Waals surface area contributed by atoms with Crippen molar-refractivity contribution in [2.24, 2.45) is 0 Å². The van der Waals surface area contributed by atoms with Gasteiger partial charge in [0.05, 0.1) is 24.3 Å². The first kappa shape index (κ1) is 39.8. The minimum Gasteiger partial charge on any atom is -0.462 e. The molecule has 0 aliphatic rings. The van der Waals surface area contributed by atoms with Gasteiger partial charge in [-0.05, 0) is 113 Å². The smallest absolute Gasteiger partial charge is 0.338 e. The SMILES string of the molecule is CCCCOC(=O)c1ccc(Nc2nc(NCCC[Si](C)(C)O[Si](C)(C)O[SiH](C)C)nc(Nc3ccc(C(=O)OCCCC)cc3)n2)cc1. The largest absolute Gasteiger partial charge is 0.462 e. The van der Waals surface area contributed by atoms with E-state index in [0.717, 1.165) is 38.1 Å². The average molecular weight is 727 g/mol. The fourth-order valence-electron chi connectivity index (χ4n) is 5.01. The number of ether oxygens (including phenoxy) is 2. The third-order valence-electron chi connectivity index (χ3n) is 7.13. The molecule has 3 N–H and O–H groups in total. The van der Waals surface area contributed by atoms with Crippen LogP contribution in [0.15, 0.2) is 48.5 Å². The minimum atomic E-state index is -2.15. The molecule has 0 bridgehead atoms. The summed E-state index contributed by atoms with van der Waals surface area (Å²) in [6, 6.07) is 14.9. The van der Waals surface area contributed by atoms with Crippen LogP contribution in [-0.4, -0.2) is 72.6 Å². The number of hydrogen-bond acceptors (Lipinski definition) is 12. The van der Waals surface area contributed by atoms with Gasteiger partial charge >= 0.3 is 20.5 Å². The molecule has 0 atom stereocenters. The molecule has 0 fully saturated rings. The molecule has 0 aliphatic carbocycles. The van der Waals surface area contributed by atoms with E-state index in [1.54, 1.807) is 48.5 Å². The van der Waals surface area contributed by atoms with Gasteiger partial charge in [0.15, 0.2) is 17.4 Å². The van der Waals surface area contributed by atoms with Gasteiger partial charge in [-0.2, -0.15) is 15.0 Å². The van der Waals surface area contributed by atoms with E-state index in [9.17, 15) is 9.59 Å². The maximum Gasteiger partial charge on any atom is 0.338 e. The molecule has 0 aliphatic heterocycles. The van der Waals surface area contributed by atoms with Crippen molar-refractivity contribution >= 4 is 67.1 Å². The molecule has 3 rings (SSSR count). The Labute approximate surface area is 295 Å². The van der Waals surface area contributed by atoms with Crippen LogP contribution in [-0.2, 0) is 17.7 Å². The molecular formula is C34H54N6O6Si3. The fourth-order valence-corrected chi connectivity index (χ4v) is 16.9. The summed E-state index contributed by atoms with van der Waals surface area (Å²) >= 11 is 0. The summed E-state index contributed by atoms with van der Waals surface area (Å²) in [6.45, 7) is 18.7. The fraction of sp³-hybridized carbons (Fsp3) is 0.500. The molecule has 12 nitrogen and oxygen atoms in total. The lowest BCUT2D eigenvalue weighted by molar-refractivity contribution is 0.0490. The van der Waals surface area contributed by atoms with E-state index >= 15 is 0 Å². The summed E-state index contributed by atoms with van der Waals surface area (Å²) < 4.78 is 23.5. The van der Waals surface area contributed by atoms with Crippen LogP contribution in [0.5, 0.6) is 0 Å². The van der Waals surface area contributed by atoms with Crippen molar-refractivity contribution in [3.05, 3.63) is 59.7 Å². The highest BCUT2D eigenvalue weighted by Crippen LogP contribution is 2.23. The van der Waals surface area contributed by atoms with Gasteiger partial charge in [0.2, 0.25) is 17.8 Å². The van der Waals surface area contributed by atoms with E-state index in [-0.39, 0.29) is 11.9 Å². The lowest BCUT2D eigenvalue weighted by Gasteiger charge is -2.34. The number of anilines is 5. The van der Waals surface area contributed by atoms with Crippen LogP contribution < -0.4 is 16.0 Å². The number of unbranched alkanes of at least 4 members (excludes halogenated alkanes) is 2. The molecule has 0 amide bonds. The number of benzene rings is 2. The van der Waals surface area contributed by atoms with Crippen molar-refractivity contribution in [1.29, 1.82) is 0 Å². The number of aromatic nitrogens is 3. The molecule has 15 heteroatoms. The van der Waals surface area contributed by atoms with Gasteiger partial charge < -0.3 is 33.7 Å². The third kappa shape index (κ3) is 14.8. The molecule has 49 heavy (non-hydrogen) atoms. The van der Waals surface area contributed by atoms with Crippen molar-refractivity contribution in [3.63, 3.8) is 0 Å². The van der Waals surface area contributed by atoms with E-state index < -0.39 is 25.9 Å². The maximum atomic E-state index is 12.3. The van der Waals surface area contributed by atoms with E-state index in [1.807, 2.05) is 13.8 Å². The summed E-state index contributed by atoms with van der Waals surface area (Å²) in [6.07, 6.45) is 4.45. The van der Waals surface area contributed by atoms with Gasteiger partial charge in [-0.1, -0.05) is 26.7 Å². The van der Waals surface area contributed by atoms with Crippen LogP contribution in [0.1, 0.15) is 66.7 Å². The molecule has 0 unspecified atom stereocenters. The zero-order chi connectivity index (χ0) is 35.9. The molecule has 2 aromatic carbocycles. The van der Waals surface area contributed by atoms with Crippen molar-refractivity contribution in [2.75, 3.05) is 35.7 Å². The lowest BCUT2D eigenvalue weighted by atomic mass is 10.2. The molecule has 1 aromatic heterocycles. The first-order valence-corrected chi connectivity index (χ1v) is 26.0. The minimum absolute atomic E-state index is 0.315. The topological polar surface area (TPSA) is 146 Å². The second kappa shape index (κ2) is 19.5. The number of carbonyl (C=O) groups is 2. The molecule has 1 heterocycles. The standard InChI is InChI=1S/C34H54N6O6Si3/c1-9-11-23-43-30(41)26-14-18-28(19-15-26)36-33-38-32(35-22-13-25-48(5,6)46-49(7,8)45-47(3)4)39-34(40-33)37-29-20-16-27(17-21-29)31(42)44-24-12-10-2/h14-21,47H,9-13,22-25H2,1-8H3,(H3,35,36,37,38,39,40). The zero-order valence-electron chi connectivity index (χ0n) is 30.4. The number of nitrogens with one attached hydrogen (secondary N) is 3. The van der Waals surface area contributed by atoms with Crippen molar-refractivity contribution in [1.82, 2.24) is 15.0 Å². The quantitative estimate of drug-likeness (QED) is 0.0555. The van der Waals surface area contributed by atoms with E-state index in [4.69, 9.17) is 17.7 Å². The third-order valence-corrected chi connectivity index (χ3v) is 17.0. The predicted octanol–water partition coefficient (Wildman–Crippen LogP) is 8.00. The second-order valence-electron chi connectivity index (χ2n) is 13.1. The predicted molar refractivity (Wildman–Crippen MR) is 204 cm³/mol. The van der Waals surface area contributed by atoms with Gasteiger partial charge in [0.1, 0.15) is 0 Å². The van der Waals surface area contributed by atoms with E-state index in [1.165, 1.54) is 0 Å². The zero-order valence-corrected chi connectivity index (χ0v) is 33.5. The average Bonchev–Trinajstić information content (AvgIpc) is 3.03. The number of hydrogen-bond donors (Lipinski definition) is 3. The highest BCUT2D eigenvalue weighted by molar-refractivity contribution is 6.84. The first-order valence-electron chi connectivity index (χ1n) is 17.3. The van der Waals surface area contributed by atoms with Crippen LogP contribution in [0.25, 0.3) is 0 Å². The molecule has 0 radical (unpaired) electrons. The van der Waals surface area contributed by atoms with E-state index in [0.29, 0.717) is 60.1 Å². The summed E-state index contributed by atoms with van der Waals surface area (Å²) in [5, 5.41) is 9.79. The Morgan fingerprint density at radius 2 is 1.14 bits per heavy atom. The van der Waals surface area contributed by atoms with Gasteiger partial charge in [-0.15, -0.1) is 0 Å². The Hall–Kier alpha value is -3.64. The monoisotopic (exact) mass is 726 g/mol. The molecule has 0 saturated carbocycles. The van der Waals surface area contributed by atoms with Gasteiger partial charge in [-0.3, -0.25) is 0 Å². The van der Waals surface area contributed by atoms with Crippen LogP contribution in [0.2, 0.25) is 45.3 Å². The Balaban J connectivity index is 1.72. The number of carbonyl (C=O) groups excluding carboxylic acids is 2. The second-order valence-corrected chi connectivity index (χ2v) is 23.8. The highest BCUT2D eigenvalue weighted by atomic mass is 28.5. The molecule has 0 spiro atoms. The number of nitrogens with zero attached hydrogens (tertiary/aromatic N) is 3. The van der Waals surface area contributed by atoms with Crippen LogP contribution in [0.3, 0.4) is 0 Å². The Kier molecular flexibility index (Phi) is 15.9. The maximum absolute atomic E-state index is 12.3. The Morgan fingerprint density at radius 1 is 0.694 bits per heavy atom. The Morgan fingerprint density at radius 3 is 1.57 bits per heavy atom. The summed E-state index contributed by atoms with van der Waals surface area (Å²) in [5.74, 6) is 0.326. The van der Waals surface area contributed by atoms with Crippen molar-refractivity contribution in [3.8, 4) is 0 Å². The molecule has 3 aromatic rings. The van der Waals surface area contributed by atoms with Gasteiger partial charge in [0.25, 0.3) is 0 Å². The molecule has 0 saturated heterocycles. The lowest BCUT2D eigenvalue weighted by Crippen LogP contribution is -2.48. The Bertz CT molecular complexity index is 1390. The highest BCUT2D eigenvalue weighted by Gasteiger charge is 2.34. The molecule has 268 valence electrons. The van der Waals surface area contributed by atoms with Crippen LogP contribution in [0, 0.1) is 0 Å². The van der Waals surface area contributed by atoms with Crippen molar-refractivity contribution < 1.29 is 27.3 Å². The van der Waals surface area contributed by atoms with Crippen LogP contribution >= 0.6 is 0 Å². The summed E-state index contributed by atoms with van der Waals surface area (Å²) in [5.41, 5.74) is 2.34. The van der Waals surface area contributed by atoms with Gasteiger partial charge in [0, 0.05) is 17.9 Å². The van der Waals surface area contributed by atoms with Crippen LogP contribution in [0.4, 0.5) is 29.2 Å². The van der Waals surface area contributed by atoms with Crippen molar-refractivity contribution in [2.45, 2.75) is 91.3 Å².